The zero-order valence-electron chi connectivity index (χ0n) is 11.9. The first-order valence-electron chi connectivity index (χ1n) is 6.79. The Morgan fingerprint density at radius 2 is 2.20 bits per heavy atom. The summed E-state index contributed by atoms with van der Waals surface area (Å²) in [7, 11) is 0. The zero-order valence-corrected chi connectivity index (χ0v) is 12.7. The molecule has 1 aromatic rings. The Morgan fingerprint density at radius 3 is 2.85 bits per heavy atom. The molecule has 20 heavy (non-hydrogen) atoms. The van der Waals surface area contributed by atoms with E-state index in [9.17, 15) is 4.79 Å². The molecule has 0 aromatic heterocycles. The number of nitrogens with two attached hydrogens (primary N) is 1. The summed E-state index contributed by atoms with van der Waals surface area (Å²) in [5.74, 6) is 0.823. The van der Waals surface area contributed by atoms with Gasteiger partial charge in [0.2, 0.25) is 5.91 Å². The lowest BCUT2D eigenvalue weighted by Crippen LogP contribution is -2.48. The molecule has 0 spiro atoms. The summed E-state index contributed by atoms with van der Waals surface area (Å²) in [6.45, 7) is 5.31. The van der Waals surface area contributed by atoms with Crippen molar-refractivity contribution in [2.45, 2.75) is 26.8 Å². The third-order valence-corrected chi connectivity index (χ3v) is 4.41. The third kappa shape index (κ3) is 2.63. The highest BCUT2D eigenvalue weighted by molar-refractivity contribution is 7.80. The number of amides is 1. The fraction of sp³-hybridized carbons (Fsp3) is 0.467. The molecule has 2 N–H and O–H groups in total. The van der Waals surface area contributed by atoms with Crippen molar-refractivity contribution < 1.29 is 9.53 Å². The summed E-state index contributed by atoms with van der Waals surface area (Å²) in [5.41, 5.74) is 6.01. The quantitative estimate of drug-likeness (QED) is 0.867. The number of rotatable bonds is 3. The molecule has 0 radical (unpaired) electrons. The van der Waals surface area contributed by atoms with Gasteiger partial charge in [-0.05, 0) is 19.4 Å². The van der Waals surface area contributed by atoms with Crippen molar-refractivity contribution in [3.63, 3.8) is 0 Å². The van der Waals surface area contributed by atoms with Crippen molar-refractivity contribution >= 4 is 23.1 Å². The van der Waals surface area contributed by atoms with E-state index in [0.717, 1.165) is 11.3 Å². The predicted octanol–water partition coefficient (Wildman–Crippen LogP) is 2.11. The van der Waals surface area contributed by atoms with Gasteiger partial charge in [0.05, 0.1) is 16.9 Å². The average Bonchev–Trinajstić information content (AvgIpc) is 2.67. The molecular weight excluding hydrogens is 272 g/mol. The number of carbonyl (C=O) groups is 1. The van der Waals surface area contributed by atoms with E-state index in [1.807, 2.05) is 38.1 Å². The van der Waals surface area contributed by atoms with E-state index in [-0.39, 0.29) is 10.9 Å². The molecule has 108 valence electrons. The van der Waals surface area contributed by atoms with E-state index < -0.39 is 5.41 Å². The van der Waals surface area contributed by atoms with Crippen LogP contribution in [0.4, 0.5) is 0 Å². The van der Waals surface area contributed by atoms with Gasteiger partial charge in [0.25, 0.3) is 0 Å². The Labute approximate surface area is 124 Å². The Morgan fingerprint density at radius 1 is 1.50 bits per heavy atom. The Balaban J connectivity index is 2.26. The first-order valence-corrected chi connectivity index (χ1v) is 7.20. The summed E-state index contributed by atoms with van der Waals surface area (Å²) >= 11 is 5.09. The summed E-state index contributed by atoms with van der Waals surface area (Å²) < 4.78 is 5.68. The van der Waals surface area contributed by atoms with Crippen LogP contribution in [0.2, 0.25) is 0 Å². The number of para-hydroxylation sites is 1. The molecular formula is C15H20N2O2S. The Kier molecular flexibility index (Phi) is 4.28. The van der Waals surface area contributed by atoms with Crippen LogP contribution in [0.3, 0.4) is 0 Å². The van der Waals surface area contributed by atoms with Crippen molar-refractivity contribution in [2.24, 2.45) is 11.1 Å². The number of thiocarbonyl (C=S) groups is 1. The van der Waals surface area contributed by atoms with Crippen LogP contribution in [-0.4, -0.2) is 28.9 Å². The van der Waals surface area contributed by atoms with Crippen LogP contribution in [0, 0.1) is 5.41 Å². The number of hydrogen-bond acceptors (Lipinski definition) is 3. The molecule has 1 atom stereocenters. The normalized spacial score (nSPS) is 17.4. The lowest BCUT2D eigenvalue weighted by atomic mass is 9.85. The minimum Gasteiger partial charge on any atom is -0.491 e. The highest BCUT2D eigenvalue weighted by Gasteiger charge is 2.38. The van der Waals surface area contributed by atoms with Crippen molar-refractivity contribution in [3.8, 4) is 5.75 Å². The smallest absolute Gasteiger partial charge is 0.235 e. The van der Waals surface area contributed by atoms with Crippen LogP contribution >= 0.6 is 12.2 Å². The van der Waals surface area contributed by atoms with E-state index in [0.29, 0.717) is 26.1 Å². The summed E-state index contributed by atoms with van der Waals surface area (Å²) in [4.78, 5) is 14.8. The van der Waals surface area contributed by atoms with Gasteiger partial charge in [0.1, 0.15) is 12.4 Å². The van der Waals surface area contributed by atoms with Gasteiger partial charge in [-0.2, -0.15) is 0 Å². The SMILES string of the molecule is CCC(C)(C(=O)N1CCOc2ccccc2C1)C(N)=S. The molecule has 1 aliphatic rings. The monoisotopic (exact) mass is 292 g/mol. The lowest BCUT2D eigenvalue weighted by molar-refractivity contribution is -0.138. The molecule has 2 rings (SSSR count). The van der Waals surface area contributed by atoms with E-state index in [1.54, 1.807) is 4.90 Å². The maximum absolute atomic E-state index is 12.8. The van der Waals surface area contributed by atoms with Gasteiger partial charge in [-0.25, -0.2) is 0 Å². The van der Waals surface area contributed by atoms with Crippen molar-refractivity contribution in [1.29, 1.82) is 0 Å². The van der Waals surface area contributed by atoms with E-state index >= 15 is 0 Å². The summed E-state index contributed by atoms with van der Waals surface area (Å²) in [5, 5.41) is 0. The molecule has 1 unspecified atom stereocenters. The number of benzene rings is 1. The first-order chi connectivity index (χ1) is 9.49. The van der Waals surface area contributed by atoms with Gasteiger partial charge in [-0.1, -0.05) is 37.3 Å². The second kappa shape index (κ2) is 5.79. The molecule has 1 aromatic carbocycles. The Bertz CT molecular complexity index is 532. The standard InChI is InChI=1S/C15H20N2O2S/c1-3-15(2,13(16)20)14(18)17-8-9-19-12-7-5-4-6-11(12)10-17/h4-7H,3,8-10H2,1-2H3,(H2,16,20). The molecule has 0 fully saturated rings. The van der Waals surface area contributed by atoms with Crippen LogP contribution in [0.25, 0.3) is 0 Å². The average molecular weight is 292 g/mol. The number of ether oxygens (including phenoxy) is 1. The van der Waals surface area contributed by atoms with Crippen LogP contribution in [0.15, 0.2) is 24.3 Å². The van der Waals surface area contributed by atoms with Gasteiger partial charge in [0, 0.05) is 12.1 Å². The van der Waals surface area contributed by atoms with E-state index in [4.69, 9.17) is 22.7 Å². The second-order valence-electron chi connectivity index (χ2n) is 5.23. The number of hydrogen-bond donors (Lipinski definition) is 1. The molecule has 1 heterocycles. The topological polar surface area (TPSA) is 55.6 Å². The van der Waals surface area contributed by atoms with Gasteiger partial charge in [-0.3, -0.25) is 4.79 Å². The van der Waals surface area contributed by atoms with Crippen LogP contribution in [0.5, 0.6) is 5.75 Å². The fourth-order valence-corrected chi connectivity index (χ4v) is 2.51. The summed E-state index contributed by atoms with van der Waals surface area (Å²) in [6, 6.07) is 7.78. The molecule has 0 bridgehead atoms. The maximum Gasteiger partial charge on any atom is 0.235 e. The zero-order chi connectivity index (χ0) is 14.8. The van der Waals surface area contributed by atoms with Crippen LogP contribution in [-0.2, 0) is 11.3 Å². The van der Waals surface area contributed by atoms with Crippen molar-refractivity contribution in [1.82, 2.24) is 4.90 Å². The molecule has 4 nitrogen and oxygen atoms in total. The first kappa shape index (κ1) is 14.8. The molecule has 0 saturated carbocycles. The molecule has 0 aliphatic carbocycles. The maximum atomic E-state index is 12.8. The fourth-order valence-electron chi connectivity index (χ4n) is 2.28. The third-order valence-electron chi connectivity index (χ3n) is 3.96. The van der Waals surface area contributed by atoms with Crippen LogP contribution < -0.4 is 10.5 Å². The largest absolute Gasteiger partial charge is 0.491 e. The van der Waals surface area contributed by atoms with Crippen molar-refractivity contribution in [2.75, 3.05) is 13.2 Å². The Hall–Kier alpha value is -1.62. The van der Waals surface area contributed by atoms with Crippen LogP contribution in [0.1, 0.15) is 25.8 Å². The molecule has 0 saturated heterocycles. The van der Waals surface area contributed by atoms with E-state index in [2.05, 4.69) is 0 Å². The predicted molar refractivity (Wildman–Crippen MR) is 82.5 cm³/mol. The van der Waals surface area contributed by atoms with E-state index in [1.165, 1.54) is 0 Å². The minimum atomic E-state index is -0.783. The molecule has 1 aliphatic heterocycles. The highest BCUT2D eigenvalue weighted by atomic mass is 32.1. The number of fused-ring (bicyclic) bond motifs is 1. The number of carbonyl (C=O) groups excluding carboxylic acids is 1. The minimum absolute atomic E-state index is 0.0206. The van der Waals surface area contributed by atoms with Gasteiger partial charge in [0.15, 0.2) is 0 Å². The van der Waals surface area contributed by atoms with Gasteiger partial charge >= 0.3 is 0 Å². The van der Waals surface area contributed by atoms with Crippen molar-refractivity contribution in [3.05, 3.63) is 29.8 Å². The van der Waals surface area contributed by atoms with Gasteiger partial charge in [-0.15, -0.1) is 0 Å². The lowest BCUT2D eigenvalue weighted by Gasteiger charge is -2.32. The van der Waals surface area contributed by atoms with Gasteiger partial charge < -0.3 is 15.4 Å². The molecule has 5 heteroatoms. The summed E-state index contributed by atoms with van der Waals surface area (Å²) in [6.07, 6.45) is 0.597. The number of nitrogens with zero attached hydrogens (tertiary/aromatic N) is 1. The second-order valence-corrected chi connectivity index (χ2v) is 5.67. The highest BCUT2D eigenvalue weighted by Crippen LogP contribution is 2.28. The molecule has 1 amide bonds.